The van der Waals surface area contributed by atoms with Crippen LogP contribution in [-0.4, -0.2) is 46.5 Å². The zero-order chi connectivity index (χ0) is 14.6. The molecular formula is C14H23N3O2S. The van der Waals surface area contributed by atoms with Crippen molar-refractivity contribution in [3.05, 3.63) is 29.8 Å². The van der Waals surface area contributed by atoms with E-state index in [0.717, 1.165) is 31.5 Å². The third-order valence-electron chi connectivity index (χ3n) is 3.41. The van der Waals surface area contributed by atoms with E-state index in [9.17, 15) is 8.42 Å². The van der Waals surface area contributed by atoms with Crippen LogP contribution in [0.4, 0.5) is 0 Å². The summed E-state index contributed by atoms with van der Waals surface area (Å²) in [6.07, 6.45) is 2.15. The van der Waals surface area contributed by atoms with Crippen LogP contribution in [0.15, 0.2) is 29.2 Å². The summed E-state index contributed by atoms with van der Waals surface area (Å²) in [5, 5.41) is 3.28. The first-order valence-corrected chi connectivity index (χ1v) is 8.42. The number of hydrogen-bond donors (Lipinski definition) is 2. The molecule has 1 heterocycles. The second-order valence-corrected chi connectivity index (χ2v) is 7.29. The minimum absolute atomic E-state index is 0.262. The summed E-state index contributed by atoms with van der Waals surface area (Å²) < 4.78 is 27.0. The molecule has 1 aromatic rings. The summed E-state index contributed by atoms with van der Waals surface area (Å²) in [5.74, 6) is 0. The van der Waals surface area contributed by atoms with Crippen LogP contribution in [0.5, 0.6) is 0 Å². The van der Waals surface area contributed by atoms with Gasteiger partial charge in [-0.05, 0) is 51.2 Å². The zero-order valence-corrected chi connectivity index (χ0v) is 12.9. The van der Waals surface area contributed by atoms with Gasteiger partial charge in [0.1, 0.15) is 0 Å². The Kier molecular flexibility index (Phi) is 5.15. The Balaban J connectivity index is 1.97. The summed E-state index contributed by atoms with van der Waals surface area (Å²) >= 11 is 0. The normalized spacial score (nSPS) is 19.6. The summed E-state index contributed by atoms with van der Waals surface area (Å²) in [4.78, 5) is 2.38. The Morgan fingerprint density at radius 1 is 1.30 bits per heavy atom. The quantitative estimate of drug-likeness (QED) is 0.814. The van der Waals surface area contributed by atoms with E-state index in [-0.39, 0.29) is 6.04 Å². The lowest BCUT2D eigenvalue weighted by Crippen LogP contribution is -2.37. The van der Waals surface area contributed by atoms with E-state index in [1.54, 1.807) is 12.1 Å². The van der Waals surface area contributed by atoms with Crippen LogP contribution < -0.4 is 10.0 Å². The molecule has 1 aliphatic rings. The van der Waals surface area contributed by atoms with E-state index in [1.807, 2.05) is 31.1 Å². The molecule has 1 unspecified atom stereocenters. The number of benzene rings is 1. The van der Waals surface area contributed by atoms with Crippen molar-refractivity contribution >= 4 is 10.0 Å². The smallest absolute Gasteiger partial charge is 0.240 e. The molecule has 1 aliphatic heterocycles. The third-order valence-corrected chi connectivity index (χ3v) is 4.85. The summed E-state index contributed by atoms with van der Waals surface area (Å²) in [7, 11) is 0.577. The molecule has 1 aromatic carbocycles. The fourth-order valence-corrected chi connectivity index (χ4v) is 3.45. The van der Waals surface area contributed by atoms with Gasteiger partial charge in [0.2, 0.25) is 10.0 Å². The van der Waals surface area contributed by atoms with Crippen molar-refractivity contribution in [1.82, 2.24) is 14.9 Å². The topological polar surface area (TPSA) is 61.4 Å². The van der Waals surface area contributed by atoms with Crippen molar-refractivity contribution in [2.24, 2.45) is 0 Å². The maximum absolute atomic E-state index is 12.2. The molecule has 5 nitrogen and oxygen atoms in total. The van der Waals surface area contributed by atoms with Crippen molar-refractivity contribution in [2.75, 3.05) is 27.2 Å². The van der Waals surface area contributed by atoms with Crippen molar-refractivity contribution in [1.29, 1.82) is 0 Å². The molecule has 0 aliphatic carbocycles. The molecule has 0 bridgehead atoms. The predicted molar refractivity (Wildman–Crippen MR) is 80.0 cm³/mol. The Bertz CT molecular complexity index is 520. The van der Waals surface area contributed by atoms with Crippen molar-refractivity contribution < 1.29 is 8.42 Å². The highest BCUT2D eigenvalue weighted by molar-refractivity contribution is 7.89. The first kappa shape index (κ1) is 15.4. The highest BCUT2D eigenvalue weighted by atomic mass is 32.2. The maximum atomic E-state index is 12.2. The molecule has 1 fully saturated rings. The van der Waals surface area contributed by atoms with E-state index in [0.29, 0.717) is 11.4 Å². The molecule has 1 saturated heterocycles. The van der Waals surface area contributed by atoms with Gasteiger partial charge in [-0.15, -0.1) is 0 Å². The fraction of sp³-hybridized carbons (Fsp3) is 0.571. The Hall–Kier alpha value is -0.950. The van der Waals surface area contributed by atoms with Gasteiger partial charge in [0.25, 0.3) is 0 Å². The summed E-state index contributed by atoms with van der Waals surface area (Å²) in [5.41, 5.74) is 1.10. The van der Waals surface area contributed by atoms with Gasteiger partial charge in [-0.3, -0.25) is 0 Å². The van der Waals surface area contributed by atoms with E-state index in [2.05, 4.69) is 10.0 Å². The van der Waals surface area contributed by atoms with Crippen LogP contribution >= 0.6 is 0 Å². The second kappa shape index (κ2) is 6.67. The lowest BCUT2D eigenvalue weighted by molar-refractivity contribution is 0.402. The van der Waals surface area contributed by atoms with Gasteiger partial charge in [-0.25, -0.2) is 13.1 Å². The Morgan fingerprint density at radius 3 is 2.55 bits per heavy atom. The van der Waals surface area contributed by atoms with Gasteiger partial charge in [0.05, 0.1) is 4.90 Å². The van der Waals surface area contributed by atoms with Crippen LogP contribution in [0.2, 0.25) is 0 Å². The standard InChI is InChI=1S/C14H23N3O2S/c1-17(2)11-12-5-7-14(8-6-12)20(18,19)16-10-13-4-3-9-15-13/h5-8,13,15-16H,3-4,9-11H2,1-2H3. The van der Waals surface area contributed by atoms with Gasteiger partial charge < -0.3 is 10.2 Å². The summed E-state index contributed by atoms with van der Waals surface area (Å²) in [6, 6.07) is 7.33. The number of nitrogens with zero attached hydrogens (tertiary/aromatic N) is 1. The van der Waals surface area contributed by atoms with Gasteiger partial charge in [-0.2, -0.15) is 0 Å². The second-order valence-electron chi connectivity index (χ2n) is 5.53. The molecule has 0 aromatic heterocycles. The molecule has 0 amide bonds. The highest BCUT2D eigenvalue weighted by Crippen LogP contribution is 2.12. The maximum Gasteiger partial charge on any atom is 0.240 e. The van der Waals surface area contributed by atoms with Crippen LogP contribution in [0.25, 0.3) is 0 Å². The molecule has 112 valence electrons. The molecule has 20 heavy (non-hydrogen) atoms. The fourth-order valence-electron chi connectivity index (χ4n) is 2.36. The van der Waals surface area contributed by atoms with E-state index in [1.165, 1.54) is 0 Å². The molecule has 1 atom stereocenters. The van der Waals surface area contributed by atoms with Gasteiger partial charge in [-0.1, -0.05) is 12.1 Å². The van der Waals surface area contributed by atoms with Crippen molar-refractivity contribution in [3.63, 3.8) is 0 Å². The molecular weight excluding hydrogens is 274 g/mol. The molecule has 0 spiro atoms. The average Bonchev–Trinajstić information content (AvgIpc) is 2.89. The monoisotopic (exact) mass is 297 g/mol. The van der Waals surface area contributed by atoms with Crippen molar-refractivity contribution in [2.45, 2.75) is 30.3 Å². The Morgan fingerprint density at radius 2 is 2.00 bits per heavy atom. The van der Waals surface area contributed by atoms with Crippen molar-refractivity contribution in [3.8, 4) is 0 Å². The van der Waals surface area contributed by atoms with Gasteiger partial charge in [0, 0.05) is 19.1 Å². The number of sulfonamides is 1. The number of rotatable bonds is 6. The van der Waals surface area contributed by atoms with E-state index in [4.69, 9.17) is 0 Å². The summed E-state index contributed by atoms with van der Waals surface area (Å²) in [6.45, 7) is 2.24. The average molecular weight is 297 g/mol. The lowest BCUT2D eigenvalue weighted by atomic mass is 10.2. The molecule has 0 saturated carbocycles. The molecule has 0 radical (unpaired) electrons. The largest absolute Gasteiger partial charge is 0.313 e. The van der Waals surface area contributed by atoms with Crippen LogP contribution in [0.3, 0.4) is 0 Å². The first-order valence-electron chi connectivity index (χ1n) is 6.94. The van der Waals surface area contributed by atoms with E-state index < -0.39 is 10.0 Å². The van der Waals surface area contributed by atoms with Crippen LogP contribution in [0.1, 0.15) is 18.4 Å². The van der Waals surface area contributed by atoms with Crippen LogP contribution in [-0.2, 0) is 16.6 Å². The lowest BCUT2D eigenvalue weighted by Gasteiger charge is -2.13. The van der Waals surface area contributed by atoms with E-state index >= 15 is 0 Å². The van der Waals surface area contributed by atoms with Gasteiger partial charge in [0.15, 0.2) is 0 Å². The predicted octanol–water partition coefficient (Wildman–Crippen LogP) is 0.779. The van der Waals surface area contributed by atoms with Crippen LogP contribution in [0, 0.1) is 0 Å². The SMILES string of the molecule is CN(C)Cc1ccc(S(=O)(=O)NCC2CCCN2)cc1. The minimum Gasteiger partial charge on any atom is -0.313 e. The van der Waals surface area contributed by atoms with Gasteiger partial charge >= 0.3 is 0 Å². The highest BCUT2D eigenvalue weighted by Gasteiger charge is 2.19. The minimum atomic E-state index is -3.40. The number of nitrogens with one attached hydrogen (secondary N) is 2. The first-order chi connectivity index (χ1) is 9.47. The Labute approximate surface area is 121 Å². The number of hydrogen-bond acceptors (Lipinski definition) is 4. The molecule has 2 rings (SSSR count). The third kappa shape index (κ3) is 4.28. The molecule has 2 N–H and O–H groups in total. The molecule has 6 heteroatoms. The zero-order valence-electron chi connectivity index (χ0n) is 12.1.